The maximum Gasteiger partial charge on any atom is 0.265 e. The Morgan fingerprint density at radius 1 is 1.00 bits per heavy atom. The molecule has 0 spiro atoms. The second-order valence-electron chi connectivity index (χ2n) is 5.21. The minimum absolute atomic E-state index is 0.244. The normalized spacial score (nSPS) is 11.9. The minimum atomic E-state index is -0.642. The van der Waals surface area contributed by atoms with Gasteiger partial charge in [0.25, 0.3) is 5.91 Å². The lowest BCUT2D eigenvalue weighted by atomic mass is 10.1. The van der Waals surface area contributed by atoms with Crippen molar-refractivity contribution in [3.8, 4) is 5.75 Å². The fraction of sp³-hybridized carbons (Fsp3) is 0.105. The molecule has 0 saturated carbocycles. The van der Waals surface area contributed by atoms with Gasteiger partial charge in [-0.3, -0.25) is 4.79 Å². The second kappa shape index (κ2) is 6.71. The molecule has 0 radical (unpaired) electrons. The van der Waals surface area contributed by atoms with Crippen LogP contribution in [-0.4, -0.2) is 12.0 Å². The number of carbonyl (C=O) groups is 1. The highest BCUT2D eigenvalue weighted by atomic mass is 35.5. The predicted octanol–water partition coefficient (Wildman–Crippen LogP) is 4.90. The fourth-order valence-electron chi connectivity index (χ4n) is 2.34. The van der Waals surface area contributed by atoms with Crippen molar-refractivity contribution in [3.05, 3.63) is 71.8 Å². The summed E-state index contributed by atoms with van der Waals surface area (Å²) >= 11 is 6.06. The van der Waals surface area contributed by atoms with Crippen molar-refractivity contribution in [2.75, 3.05) is 5.32 Å². The first-order chi connectivity index (χ1) is 11.1. The van der Waals surface area contributed by atoms with Crippen LogP contribution in [0.15, 0.2) is 66.7 Å². The van der Waals surface area contributed by atoms with Crippen molar-refractivity contribution in [3.63, 3.8) is 0 Å². The average Bonchev–Trinajstić information content (AvgIpc) is 2.57. The molecule has 0 fully saturated rings. The molecule has 0 aliphatic carbocycles. The molecule has 1 atom stereocenters. The summed E-state index contributed by atoms with van der Waals surface area (Å²) in [4.78, 5) is 12.3. The van der Waals surface area contributed by atoms with Crippen LogP contribution in [-0.2, 0) is 4.79 Å². The summed E-state index contributed by atoms with van der Waals surface area (Å²) in [5.41, 5.74) is 0.576. The lowest BCUT2D eigenvalue weighted by molar-refractivity contribution is -0.122. The van der Waals surface area contributed by atoms with E-state index < -0.39 is 6.10 Å². The van der Waals surface area contributed by atoms with Gasteiger partial charge >= 0.3 is 0 Å². The number of amides is 1. The van der Waals surface area contributed by atoms with E-state index in [4.69, 9.17) is 16.3 Å². The molecule has 0 heterocycles. The third-order valence-corrected chi connectivity index (χ3v) is 3.88. The molecule has 0 aliphatic heterocycles. The predicted molar refractivity (Wildman–Crippen MR) is 94.1 cm³/mol. The van der Waals surface area contributed by atoms with E-state index in [0.29, 0.717) is 16.5 Å². The Morgan fingerprint density at radius 3 is 2.52 bits per heavy atom. The van der Waals surface area contributed by atoms with E-state index in [0.717, 1.165) is 10.8 Å². The summed E-state index contributed by atoms with van der Waals surface area (Å²) in [6, 6.07) is 20.8. The van der Waals surface area contributed by atoms with Gasteiger partial charge in [-0.1, -0.05) is 60.1 Å². The number of benzene rings is 3. The number of nitrogens with one attached hydrogen (secondary N) is 1. The first kappa shape index (κ1) is 15.4. The van der Waals surface area contributed by atoms with Gasteiger partial charge in [-0.05, 0) is 30.5 Å². The van der Waals surface area contributed by atoms with Crippen LogP contribution < -0.4 is 10.1 Å². The molecular formula is C19H16ClNO2. The van der Waals surface area contributed by atoms with Gasteiger partial charge in [-0.2, -0.15) is 0 Å². The van der Waals surface area contributed by atoms with Crippen LogP contribution in [0.4, 0.5) is 5.69 Å². The number of hydrogen-bond acceptors (Lipinski definition) is 2. The number of ether oxygens (including phenoxy) is 1. The molecule has 0 aliphatic rings. The lowest BCUT2D eigenvalue weighted by Gasteiger charge is -2.16. The third kappa shape index (κ3) is 3.46. The average molecular weight is 326 g/mol. The van der Waals surface area contributed by atoms with Crippen molar-refractivity contribution in [1.82, 2.24) is 0 Å². The summed E-state index contributed by atoms with van der Waals surface area (Å²) in [6.07, 6.45) is -0.642. The Morgan fingerprint density at radius 2 is 1.70 bits per heavy atom. The number of para-hydroxylation sites is 1. The molecule has 3 rings (SSSR count). The number of rotatable bonds is 4. The highest BCUT2D eigenvalue weighted by molar-refractivity contribution is 6.33. The molecule has 1 N–H and O–H groups in total. The number of fused-ring (bicyclic) bond motifs is 1. The second-order valence-corrected chi connectivity index (χ2v) is 5.61. The topological polar surface area (TPSA) is 38.3 Å². The summed E-state index contributed by atoms with van der Waals surface area (Å²) in [5, 5.41) is 5.33. The van der Waals surface area contributed by atoms with E-state index in [1.165, 1.54) is 0 Å². The van der Waals surface area contributed by atoms with Crippen molar-refractivity contribution >= 4 is 34.0 Å². The van der Waals surface area contributed by atoms with E-state index in [-0.39, 0.29) is 5.91 Å². The molecule has 23 heavy (non-hydrogen) atoms. The molecular weight excluding hydrogens is 310 g/mol. The zero-order chi connectivity index (χ0) is 16.2. The fourth-order valence-corrected chi connectivity index (χ4v) is 2.52. The van der Waals surface area contributed by atoms with Crippen LogP contribution in [0.2, 0.25) is 5.02 Å². The van der Waals surface area contributed by atoms with Crippen LogP contribution in [0.25, 0.3) is 10.8 Å². The van der Waals surface area contributed by atoms with E-state index >= 15 is 0 Å². The van der Waals surface area contributed by atoms with E-state index in [1.807, 2.05) is 54.6 Å². The first-order valence-electron chi connectivity index (χ1n) is 7.35. The largest absolute Gasteiger partial charge is 0.480 e. The highest BCUT2D eigenvalue weighted by Crippen LogP contribution is 2.26. The van der Waals surface area contributed by atoms with Crippen LogP contribution in [0.1, 0.15) is 6.92 Å². The standard InChI is InChI=1S/C19H16ClNO2/c1-13(19(22)21-17-11-5-4-10-16(17)20)23-18-12-6-8-14-7-2-3-9-15(14)18/h2-13H,1H3,(H,21,22)/t13-/m1/s1. The van der Waals surface area contributed by atoms with Crippen LogP contribution in [0.5, 0.6) is 5.75 Å². The molecule has 4 heteroatoms. The Labute approximate surface area is 139 Å². The van der Waals surface area contributed by atoms with Crippen molar-refractivity contribution in [2.45, 2.75) is 13.0 Å². The van der Waals surface area contributed by atoms with Crippen molar-refractivity contribution in [2.24, 2.45) is 0 Å². The third-order valence-electron chi connectivity index (χ3n) is 3.55. The van der Waals surface area contributed by atoms with Gasteiger partial charge in [0.2, 0.25) is 0 Å². The van der Waals surface area contributed by atoms with Gasteiger partial charge < -0.3 is 10.1 Å². The number of hydrogen-bond donors (Lipinski definition) is 1. The quantitative estimate of drug-likeness (QED) is 0.741. The smallest absolute Gasteiger partial charge is 0.265 e. The minimum Gasteiger partial charge on any atom is -0.480 e. The van der Waals surface area contributed by atoms with Crippen LogP contribution in [0, 0.1) is 0 Å². The molecule has 0 unspecified atom stereocenters. The highest BCUT2D eigenvalue weighted by Gasteiger charge is 2.16. The Balaban J connectivity index is 1.77. The van der Waals surface area contributed by atoms with Gasteiger partial charge in [0.05, 0.1) is 10.7 Å². The number of carbonyl (C=O) groups excluding carboxylic acids is 1. The van der Waals surface area contributed by atoms with Gasteiger partial charge in [-0.15, -0.1) is 0 Å². The van der Waals surface area contributed by atoms with Gasteiger partial charge in [0, 0.05) is 5.39 Å². The lowest BCUT2D eigenvalue weighted by Crippen LogP contribution is -2.30. The number of halogens is 1. The zero-order valence-corrected chi connectivity index (χ0v) is 13.4. The Kier molecular flexibility index (Phi) is 4.49. The van der Waals surface area contributed by atoms with Gasteiger partial charge in [-0.25, -0.2) is 0 Å². The molecule has 0 saturated heterocycles. The molecule has 3 nitrogen and oxygen atoms in total. The van der Waals surface area contributed by atoms with Crippen molar-refractivity contribution < 1.29 is 9.53 Å². The summed E-state index contributed by atoms with van der Waals surface area (Å²) in [7, 11) is 0. The monoisotopic (exact) mass is 325 g/mol. The molecule has 0 bridgehead atoms. The zero-order valence-electron chi connectivity index (χ0n) is 12.6. The molecule has 1 amide bonds. The molecule has 3 aromatic carbocycles. The van der Waals surface area contributed by atoms with Crippen molar-refractivity contribution in [1.29, 1.82) is 0 Å². The maximum absolute atomic E-state index is 12.3. The molecule has 3 aromatic rings. The van der Waals surface area contributed by atoms with Gasteiger partial charge in [0.1, 0.15) is 5.75 Å². The Bertz CT molecular complexity index is 842. The number of anilines is 1. The maximum atomic E-state index is 12.3. The summed E-state index contributed by atoms with van der Waals surface area (Å²) < 4.78 is 5.85. The van der Waals surface area contributed by atoms with E-state index in [1.54, 1.807) is 19.1 Å². The first-order valence-corrected chi connectivity index (χ1v) is 7.73. The molecule has 0 aromatic heterocycles. The summed E-state index contributed by atoms with van der Waals surface area (Å²) in [5.74, 6) is 0.441. The SMILES string of the molecule is C[C@@H](Oc1cccc2ccccc12)C(=O)Nc1ccccc1Cl. The molecule has 116 valence electrons. The Hall–Kier alpha value is -2.52. The van der Waals surface area contributed by atoms with E-state index in [2.05, 4.69) is 5.32 Å². The summed E-state index contributed by atoms with van der Waals surface area (Å²) in [6.45, 7) is 1.72. The van der Waals surface area contributed by atoms with E-state index in [9.17, 15) is 4.79 Å². The van der Waals surface area contributed by atoms with Crippen LogP contribution >= 0.6 is 11.6 Å². The van der Waals surface area contributed by atoms with Gasteiger partial charge in [0.15, 0.2) is 6.10 Å². The van der Waals surface area contributed by atoms with Crippen LogP contribution in [0.3, 0.4) is 0 Å².